The molecule has 1 aromatic carbocycles. The van der Waals surface area contributed by atoms with Gasteiger partial charge in [0.25, 0.3) is 0 Å². The molecule has 4 aromatic rings. The van der Waals surface area contributed by atoms with Crippen LogP contribution in [0, 0.1) is 0 Å². The van der Waals surface area contributed by atoms with Gasteiger partial charge >= 0.3 is 0 Å². The maximum absolute atomic E-state index is 6.81. The molecule has 166 valence electrons. The van der Waals surface area contributed by atoms with Crippen molar-refractivity contribution in [1.29, 1.82) is 0 Å². The van der Waals surface area contributed by atoms with Gasteiger partial charge in [-0.2, -0.15) is 0 Å². The van der Waals surface area contributed by atoms with E-state index in [1.807, 2.05) is 6.20 Å². The number of nitrogens with zero attached hydrogens (tertiary/aromatic N) is 4. The van der Waals surface area contributed by atoms with E-state index >= 15 is 0 Å². The highest BCUT2D eigenvalue weighted by Gasteiger charge is 2.33. The third-order valence-electron chi connectivity index (χ3n) is 7.05. The molecule has 0 bridgehead atoms. The SMILES string of the molecule is CC1CCCCN1CC1CN(c2ncnc3ccsc23)CC(c2cccc3[nH]ccc23)O1. The van der Waals surface area contributed by atoms with Crippen LogP contribution >= 0.6 is 11.3 Å². The van der Waals surface area contributed by atoms with Gasteiger partial charge in [-0.25, -0.2) is 9.97 Å². The number of ether oxygens (including phenoxy) is 1. The molecule has 0 radical (unpaired) electrons. The Labute approximate surface area is 192 Å². The number of hydrogen-bond acceptors (Lipinski definition) is 6. The van der Waals surface area contributed by atoms with Gasteiger partial charge in [-0.3, -0.25) is 4.90 Å². The molecule has 3 aromatic heterocycles. The minimum atomic E-state index is -0.00155. The first kappa shape index (κ1) is 20.1. The van der Waals surface area contributed by atoms with Crippen molar-refractivity contribution in [1.82, 2.24) is 19.9 Å². The molecule has 32 heavy (non-hydrogen) atoms. The van der Waals surface area contributed by atoms with Gasteiger partial charge in [0.05, 0.1) is 16.3 Å². The zero-order valence-electron chi connectivity index (χ0n) is 18.4. The number of fused-ring (bicyclic) bond motifs is 2. The Morgan fingerprint density at radius 3 is 3.06 bits per heavy atom. The predicted molar refractivity (Wildman–Crippen MR) is 130 cm³/mol. The van der Waals surface area contributed by atoms with Gasteiger partial charge in [0, 0.05) is 42.8 Å². The van der Waals surface area contributed by atoms with Crippen molar-refractivity contribution in [2.45, 2.75) is 44.4 Å². The predicted octanol–water partition coefficient (Wildman–Crippen LogP) is 4.99. The van der Waals surface area contributed by atoms with E-state index in [2.05, 4.69) is 62.4 Å². The lowest BCUT2D eigenvalue weighted by Crippen LogP contribution is -2.51. The lowest BCUT2D eigenvalue weighted by molar-refractivity contribution is -0.0500. The van der Waals surface area contributed by atoms with Gasteiger partial charge in [-0.05, 0) is 55.5 Å². The maximum atomic E-state index is 6.81. The minimum absolute atomic E-state index is 0.00155. The number of thiophene rings is 1. The molecule has 3 unspecified atom stereocenters. The molecule has 6 rings (SSSR count). The molecule has 2 aliphatic heterocycles. The van der Waals surface area contributed by atoms with E-state index < -0.39 is 0 Å². The molecule has 7 heteroatoms. The maximum Gasteiger partial charge on any atom is 0.150 e. The summed E-state index contributed by atoms with van der Waals surface area (Å²) in [7, 11) is 0. The summed E-state index contributed by atoms with van der Waals surface area (Å²) in [5.41, 5.74) is 3.44. The van der Waals surface area contributed by atoms with E-state index in [9.17, 15) is 0 Å². The van der Waals surface area contributed by atoms with Crippen molar-refractivity contribution in [3.63, 3.8) is 0 Å². The van der Waals surface area contributed by atoms with Crippen LogP contribution in [-0.2, 0) is 4.74 Å². The molecule has 0 saturated carbocycles. The van der Waals surface area contributed by atoms with Gasteiger partial charge in [-0.15, -0.1) is 11.3 Å². The summed E-state index contributed by atoms with van der Waals surface area (Å²) in [5, 5.41) is 3.35. The van der Waals surface area contributed by atoms with Crippen LogP contribution < -0.4 is 4.90 Å². The Kier molecular flexibility index (Phi) is 5.33. The smallest absolute Gasteiger partial charge is 0.150 e. The molecular formula is C25H29N5OS. The average molecular weight is 448 g/mol. The van der Waals surface area contributed by atoms with E-state index in [1.54, 1.807) is 17.7 Å². The average Bonchev–Trinajstić information content (AvgIpc) is 3.49. The highest BCUT2D eigenvalue weighted by molar-refractivity contribution is 7.17. The van der Waals surface area contributed by atoms with Crippen molar-refractivity contribution in [2.24, 2.45) is 0 Å². The van der Waals surface area contributed by atoms with Crippen molar-refractivity contribution in [3.05, 3.63) is 53.8 Å². The van der Waals surface area contributed by atoms with Crippen molar-refractivity contribution in [2.75, 3.05) is 31.1 Å². The molecule has 6 nitrogen and oxygen atoms in total. The number of benzene rings is 1. The van der Waals surface area contributed by atoms with Crippen LogP contribution in [0.3, 0.4) is 0 Å². The number of H-pyrrole nitrogens is 1. The van der Waals surface area contributed by atoms with Crippen LogP contribution in [0.2, 0.25) is 0 Å². The highest BCUT2D eigenvalue weighted by atomic mass is 32.1. The summed E-state index contributed by atoms with van der Waals surface area (Å²) in [6, 6.07) is 11.3. The second-order valence-corrected chi connectivity index (χ2v) is 10.0. The van der Waals surface area contributed by atoms with Crippen molar-refractivity contribution >= 4 is 38.3 Å². The summed E-state index contributed by atoms with van der Waals surface area (Å²) in [6.45, 7) is 6.14. The molecular weight excluding hydrogens is 418 g/mol. The van der Waals surface area contributed by atoms with E-state index in [1.165, 1.54) is 36.8 Å². The van der Waals surface area contributed by atoms with Crippen molar-refractivity contribution < 1.29 is 4.74 Å². The molecule has 1 N–H and O–H groups in total. The molecule has 0 spiro atoms. The molecule has 0 amide bonds. The fourth-order valence-corrected chi connectivity index (χ4v) is 6.23. The van der Waals surface area contributed by atoms with Crippen LogP contribution in [0.15, 0.2) is 48.2 Å². The van der Waals surface area contributed by atoms with E-state index in [0.29, 0.717) is 6.04 Å². The zero-order valence-corrected chi connectivity index (χ0v) is 19.2. The lowest BCUT2D eigenvalue weighted by Gasteiger charge is -2.43. The zero-order chi connectivity index (χ0) is 21.5. The first-order valence-corrected chi connectivity index (χ1v) is 12.5. The molecule has 2 fully saturated rings. The van der Waals surface area contributed by atoms with Gasteiger partial charge in [-0.1, -0.05) is 18.6 Å². The number of nitrogens with one attached hydrogen (secondary N) is 1. The Morgan fingerprint density at radius 1 is 1.16 bits per heavy atom. The van der Waals surface area contributed by atoms with Crippen LogP contribution in [0.4, 0.5) is 5.82 Å². The van der Waals surface area contributed by atoms with Crippen LogP contribution in [0.25, 0.3) is 21.1 Å². The van der Waals surface area contributed by atoms with Gasteiger partial charge in [0.2, 0.25) is 0 Å². The summed E-state index contributed by atoms with van der Waals surface area (Å²) >= 11 is 1.72. The topological polar surface area (TPSA) is 57.3 Å². The first-order chi connectivity index (χ1) is 15.8. The van der Waals surface area contributed by atoms with Crippen molar-refractivity contribution in [3.8, 4) is 0 Å². The summed E-state index contributed by atoms with van der Waals surface area (Å²) in [4.78, 5) is 17.6. The van der Waals surface area contributed by atoms with Crippen LogP contribution in [0.1, 0.15) is 37.9 Å². The highest BCUT2D eigenvalue weighted by Crippen LogP contribution is 2.36. The third-order valence-corrected chi connectivity index (χ3v) is 7.94. The third kappa shape index (κ3) is 3.68. The summed E-state index contributed by atoms with van der Waals surface area (Å²) < 4.78 is 7.97. The number of likely N-dealkylation sites (tertiary alicyclic amines) is 1. The fraction of sp³-hybridized carbons (Fsp3) is 0.440. The largest absolute Gasteiger partial charge is 0.365 e. The number of aromatic nitrogens is 3. The second-order valence-electron chi connectivity index (χ2n) is 9.11. The second kappa shape index (κ2) is 8.46. The quantitative estimate of drug-likeness (QED) is 0.477. The van der Waals surface area contributed by atoms with Crippen LogP contribution in [-0.4, -0.2) is 58.2 Å². The number of anilines is 1. The molecule has 5 heterocycles. The van der Waals surface area contributed by atoms with E-state index in [4.69, 9.17) is 9.72 Å². The Bertz CT molecular complexity index is 1140. The van der Waals surface area contributed by atoms with Gasteiger partial charge in [0.1, 0.15) is 18.2 Å². The van der Waals surface area contributed by atoms with Gasteiger partial charge in [0.15, 0.2) is 0 Å². The Hall–Kier alpha value is -2.48. The first-order valence-electron chi connectivity index (χ1n) is 11.6. The molecule has 2 aliphatic rings. The number of morpholine rings is 1. The number of hydrogen-bond donors (Lipinski definition) is 1. The normalized spacial score (nSPS) is 25.0. The monoisotopic (exact) mass is 447 g/mol. The van der Waals surface area contributed by atoms with E-state index in [-0.39, 0.29) is 12.2 Å². The van der Waals surface area contributed by atoms with Crippen LogP contribution in [0.5, 0.6) is 0 Å². The Morgan fingerprint density at radius 2 is 2.12 bits per heavy atom. The summed E-state index contributed by atoms with van der Waals surface area (Å²) in [6.07, 6.45) is 7.75. The lowest BCUT2D eigenvalue weighted by atomic mass is 10.0. The standard InChI is InChI=1S/C25H29N5OS/c1-17-5-2-3-11-29(17)13-18-14-30(25-24-22(9-12-32-24)27-16-28-25)15-23(31-18)20-6-4-7-21-19(20)8-10-26-21/h4,6-10,12,16-18,23,26H,2-3,5,11,13-15H2,1H3. The number of aromatic amines is 1. The van der Waals surface area contributed by atoms with E-state index in [0.717, 1.165) is 41.2 Å². The molecule has 2 saturated heterocycles. The van der Waals surface area contributed by atoms with Gasteiger partial charge < -0.3 is 14.6 Å². The number of piperidine rings is 1. The minimum Gasteiger partial charge on any atom is -0.365 e. The summed E-state index contributed by atoms with van der Waals surface area (Å²) in [5.74, 6) is 1.04. The Balaban J connectivity index is 1.36. The molecule has 0 aliphatic carbocycles. The molecule has 3 atom stereocenters. The number of rotatable bonds is 4. The fourth-order valence-electron chi connectivity index (χ4n) is 5.37.